The van der Waals surface area contributed by atoms with E-state index >= 15 is 0 Å². The number of rotatable bonds is 3. The molecule has 0 bridgehead atoms. The van der Waals surface area contributed by atoms with Crippen LogP contribution in [0.25, 0.3) is 10.2 Å². The normalized spacial score (nSPS) is 18.2. The molecule has 1 unspecified atom stereocenters. The van der Waals surface area contributed by atoms with Crippen molar-refractivity contribution in [3.63, 3.8) is 0 Å². The Morgan fingerprint density at radius 2 is 2.15 bits per heavy atom. The zero-order valence-corrected chi connectivity index (χ0v) is 13.0. The molecule has 0 amide bonds. The highest BCUT2D eigenvalue weighted by Gasteiger charge is 2.26. The van der Waals surface area contributed by atoms with Crippen molar-refractivity contribution in [2.45, 2.75) is 46.0 Å². The molecule has 20 heavy (non-hydrogen) atoms. The minimum absolute atomic E-state index is 0.219. The molecule has 0 saturated heterocycles. The van der Waals surface area contributed by atoms with E-state index in [4.69, 9.17) is 4.42 Å². The van der Waals surface area contributed by atoms with Crippen molar-refractivity contribution >= 4 is 27.6 Å². The summed E-state index contributed by atoms with van der Waals surface area (Å²) in [6.45, 7) is 7.86. The Hall–Kier alpha value is -1.36. The molecule has 1 aliphatic carbocycles. The molecule has 4 nitrogen and oxygen atoms in total. The van der Waals surface area contributed by atoms with E-state index in [0.29, 0.717) is 11.9 Å². The number of anilines is 1. The maximum Gasteiger partial charge on any atom is 0.349 e. The summed E-state index contributed by atoms with van der Waals surface area (Å²) in [4.78, 5) is 21.1. The third-order valence-corrected chi connectivity index (χ3v) is 5.32. The molecule has 0 N–H and O–H groups in total. The fraction of sp³-hybridized carbons (Fsp3) is 0.600. The second-order valence-corrected chi connectivity index (χ2v) is 6.45. The van der Waals surface area contributed by atoms with Crippen molar-refractivity contribution in [3.8, 4) is 0 Å². The summed E-state index contributed by atoms with van der Waals surface area (Å²) in [6, 6.07) is 0.457. The maximum atomic E-state index is 12.4. The summed E-state index contributed by atoms with van der Waals surface area (Å²) in [6.07, 6.45) is 3.42. The van der Waals surface area contributed by atoms with Gasteiger partial charge in [-0.05, 0) is 44.6 Å². The quantitative estimate of drug-likeness (QED) is 0.868. The SMILES string of the molecule is CCN(CC)c1nc2sc3c(c2c(=O)o1)C(C)CCC3. The Kier molecular flexibility index (Phi) is 3.54. The average molecular weight is 292 g/mol. The Balaban J connectivity index is 2.22. The molecule has 108 valence electrons. The smallest absolute Gasteiger partial charge is 0.349 e. The first-order valence-electron chi connectivity index (χ1n) is 7.37. The van der Waals surface area contributed by atoms with Gasteiger partial charge >= 0.3 is 11.6 Å². The lowest BCUT2D eigenvalue weighted by Gasteiger charge is -2.18. The van der Waals surface area contributed by atoms with E-state index in [0.717, 1.165) is 36.1 Å². The Labute approximate surface area is 122 Å². The van der Waals surface area contributed by atoms with Crippen molar-refractivity contribution < 1.29 is 4.42 Å². The number of thiophene rings is 1. The van der Waals surface area contributed by atoms with Crippen molar-refractivity contribution in [1.82, 2.24) is 4.98 Å². The highest BCUT2D eigenvalue weighted by Crippen LogP contribution is 2.40. The molecule has 3 rings (SSSR count). The van der Waals surface area contributed by atoms with Gasteiger partial charge in [-0.2, -0.15) is 4.98 Å². The van der Waals surface area contributed by atoms with Gasteiger partial charge in [0.25, 0.3) is 0 Å². The number of fused-ring (bicyclic) bond motifs is 3. The van der Waals surface area contributed by atoms with Gasteiger partial charge in [-0.1, -0.05) is 6.92 Å². The largest absolute Gasteiger partial charge is 0.388 e. The molecule has 0 saturated carbocycles. The molecule has 0 radical (unpaired) electrons. The first-order valence-corrected chi connectivity index (χ1v) is 8.18. The summed E-state index contributed by atoms with van der Waals surface area (Å²) in [5.41, 5.74) is 0.978. The lowest BCUT2D eigenvalue weighted by molar-refractivity contribution is 0.489. The fourth-order valence-corrected chi connectivity index (χ4v) is 4.36. The van der Waals surface area contributed by atoms with E-state index in [-0.39, 0.29) is 5.63 Å². The molecule has 0 aromatic carbocycles. The molecule has 1 aliphatic rings. The Morgan fingerprint density at radius 1 is 1.40 bits per heavy atom. The zero-order valence-electron chi connectivity index (χ0n) is 12.2. The van der Waals surface area contributed by atoms with Gasteiger partial charge in [-0.3, -0.25) is 0 Å². The summed E-state index contributed by atoms with van der Waals surface area (Å²) in [7, 11) is 0. The highest BCUT2D eigenvalue weighted by molar-refractivity contribution is 7.18. The number of aryl methyl sites for hydroxylation is 1. The summed E-state index contributed by atoms with van der Waals surface area (Å²) in [5, 5.41) is 0.730. The van der Waals surface area contributed by atoms with Crippen LogP contribution in [-0.4, -0.2) is 18.1 Å². The predicted octanol–water partition coefficient (Wildman–Crippen LogP) is 3.54. The maximum absolute atomic E-state index is 12.4. The van der Waals surface area contributed by atoms with Crippen molar-refractivity contribution in [3.05, 3.63) is 20.9 Å². The lowest BCUT2D eigenvalue weighted by atomic mass is 9.88. The van der Waals surface area contributed by atoms with Gasteiger partial charge in [0.1, 0.15) is 10.2 Å². The monoisotopic (exact) mass is 292 g/mol. The summed E-state index contributed by atoms with van der Waals surface area (Å²) < 4.78 is 5.47. The summed E-state index contributed by atoms with van der Waals surface area (Å²) in [5.74, 6) is 0.441. The third kappa shape index (κ3) is 2.04. The van der Waals surface area contributed by atoms with Crippen LogP contribution in [0.3, 0.4) is 0 Å². The second kappa shape index (κ2) is 5.20. The molecule has 1 atom stereocenters. The first-order chi connectivity index (χ1) is 9.65. The van der Waals surface area contributed by atoms with Crippen LogP contribution in [0.4, 0.5) is 6.01 Å². The number of hydrogen-bond acceptors (Lipinski definition) is 5. The topological polar surface area (TPSA) is 46.3 Å². The van der Waals surface area contributed by atoms with Crippen LogP contribution < -0.4 is 10.5 Å². The van der Waals surface area contributed by atoms with Crippen LogP contribution in [0.2, 0.25) is 0 Å². The highest BCUT2D eigenvalue weighted by atomic mass is 32.1. The van der Waals surface area contributed by atoms with Crippen LogP contribution in [0.1, 0.15) is 50.0 Å². The lowest BCUT2D eigenvalue weighted by Crippen LogP contribution is -2.24. The molecule has 5 heteroatoms. The van der Waals surface area contributed by atoms with Gasteiger partial charge in [-0.25, -0.2) is 4.79 Å². The van der Waals surface area contributed by atoms with E-state index in [1.54, 1.807) is 11.3 Å². The number of hydrogen-bond donors (Lipinski definition) is 0. The van der Waals surface area contributed by atoms with Gasteiger partial charge < -0.3 is 9.32 Å². The van der Waals surface area contributed by atoms with Gasteiger partial charge in [-0.15, -0.1) is 11.3 Å². The molecular formula is C15H20N2O2S. The number of aromatic nitrogens is 1. The predicted molar refractivity (Wildman–Crippen MR) is 83.1 cm³/mol. The van der Waals surface area contributed by atoms with Gasteiger partial charge in [0.05, 0.1) is 0 Å². The Morgan fingerprint density at radius 3 is 2.85 bits per heavy atom. The molecule has 2 heterocycles. The van der Waals surface area contributed by atoms with Gasteiger partial charge in [0.2, 0.25) is 0 Å². The van der Waals surface area contributed by atoms with Crippen molar-refractivity contribution in [2.24, 2.45) is 0 Å². The van der Waals surface area contributed by atoms with E-state index in [9.17, 15) is 4.79 Å². The van der Waals surface area contributed by atoms with Crippen LogP contribution in [0.15, 0.2) is 9.21 Å². The van der Waals surface area contributed by atoms with Crippen molar-refractivity contribution in [1.29, 1.82) is 0 Å². The van der Waals surface area contributed by atoms with Crippen molar-refractivity contribution in [2.75, 3.05) is 18.0 Å². The van der Waals surface area contributed by atoms with Gasteiger partial charge in [0.15, 0.2) is 0 Å². The molecule has 2 aromatic heterocycles. The van der Waals surface area contributed by atoms with Crippen LogP contribution in [-0.2, 0) is 6.42 Å². The van der Waals surface area contributed by atoms with E-state index in [1.807, 2.05) is 18.7 Å². The van der Waals surface area contributed by atoms with E-state index in [1.165, 1.54) is 16.9 Å². The van der Waals surface area contributed by atoms with Crippen LogP contribution >= 0.6 is 11.3 Å². The van der Waals surface area contributed by atoms with Gasteiger partial charge in [0, 0.05) is 18.0 Å². The van der Waals surface area contributed by atoms with Crippen LogP contribution in [0.5, 0.6) is 0 Å². The zero-order chi connectivity index (χ0) is 14.3. The summed E-state index contributed by atoms with van der Waals surface area (Å²) >= 11 is 1.67. The van der Waals surface area contributed by atoms with E-state index in [2.05, 4.69) is 11.9 Å². The Bertz CT molecular complexity index is 685. The standard InChI is InChI=1S/C15H20N2O2S/c1-4-17(5-2)15-16-13-12(14(18)19-15)11-9(3)7-6-8-10(11)20-13/h9H,4-8H2,1-3H3. The molecule has 2 aromatic rings. The minimum atomic E-state index is -0.219. The molecule has 0 aliphatic heterocycles. The third-order valence-electron chi connectivity index (χ3n) is 4.16. The minimum Gasteiger partial charge on any atom is -0.388 e. The fourth-order valence-electron chi connectivity index (χ4n) is 3.05. The van der Waals surface area contributed by atoms with Crippen LogP contribution in [0, 0.1) is 0 Å². The molecule has 0 fully saturated rings. The first kappa shape index (κ1) is 13.6. The second-order valence-electron chi connectivity index (χ2n) is 5.37. The molecule has 0 spiro atoms. The number of nitrogens with zero attached hydrogens (tertiary/aromatic N) is 2. The molecular weight excluding hydrogens is 272 g/mol. The van der Waals surface area contributed by atoms with E-state index < -0.39 is 0 Å². The average Bonchev–Trinajstić information content (AvgIpc) is 2.80.